The molecule has 1 heterocycles. The Morgan fingerprint density at radius 1 is 1.62 bits per heavy atom. The van der Waals surface area contributed by atoms with Crippen molar-refractivity contribution in [3.63, 3.8) is 0 Å². The fraction of sp³-hybridized carbons (Fsp3) is 0.600. The summed E-state index contributed by atoms with van der Waals surface area (Å²) in [5.41, 5.74) is 6.28. The zero-order chi connectivity index (χ0) is 11.4. The summed E-state index contributed by atoms with van der Waals surface area (Å²) in [5.74, 6) is -0.0675. The molecule has 4 nitrogen and oxygen atoms in total. The number of nitrogens with zero attached hydrogens (tertiary/aromatic N) is 1. The summed E-state index contributed by atoms with van der Waals surface area (Å²) in [5, 5.41) is 2.48. The van der Waals surface area contributed by atoms with Gasteiger partial charge in [-0.1, -0.05) is 13.8 Å². The summed E-state index contributed by atoms with van der Waals surface area (Å²) in [6.07, 6.45) is 0. The molecule has 6 heteroatoms. The third-order valence-corrected chi connectivity index (χ3v) is 2.96. The van der Waals surface area contributed by atoms with Crippen molar-refractivity contribution in [1.29, 1.82) is 0 Å². The number of thiazole rings is 1. The van der Waals surface area contributed by atoms with Crippen LogP contribution in [0, 0.1) is 5.92 Å². The lowest BCUT2D eigenvalue weighted by molar-refractivity contribution is 0.0520. The monoisotopic (exact) mass is 264 g/mol. The Balaban J connectivity index is 0.00000225. The van der Waals surface area contributed by atoms with E-state index in [0.29, 0.717) is 18.2 Å². The molecule has 92 valence electrons. The van der Waals surface area contributed by atoms with Gasteiger partial charge in [-0.25, -0.2) is 9.78 Å². The molecule has 0 saturated carbocycles. The third kappa shape index (κ3) is 3.73. The van der Waals surface area contributed by atoms with E-state index in [-0.39, 0.29) is 24.4 Å². The summed E-state index contributed by atoms with van der Waals surface area (Å²) in [6, 6.07) is -0.113. The Hall–Kier alpha value is -0.650. The van der Waals surface area contributed by atoms with Gasteiger partial charge in [0.1, 0.15) is 5.01 Å². The van der Waals surface area contributed by atoms with E-state index < -0.39 is 0 Å². The lowest BCUT2D eigenvalue weighted by Crippen LogP contribution is -2.16. The van der Waals surface area contributed by atoms with E-state index in [1.54, 1.807) is 12.3 Å². The Morgan fingerprint density at radius 3 is 2.75 bits per heavy atom. The topological polar surface area (TPSA) is 65.2 Å². The molecule has 0 fully saturated rings. The number of carbonyl (C=O) groups is 1. The number of ether oxygens (including phenoxy) is 1. The van der Waals surface area contributed by atoms with Gasteiger partial charge in [-0.3, -0.25) is 0 Å². The molecule has 16 heavy (non-hydrogen) atoms. The highest BCUT2D eigenvalue weighted by Crippen LogP contribution is 2.22. The van der Waals surface area contributed by atoms with Crippen molar-refractivity contribution in [2.45, 2.75) is 26.8 Å². The minimum atomic E-state index is -0.379. The standard InChI is InChI=1S/C10H16N2O2S.ClH/c1-4-14-10(13)7-5-15-9(12-7)8(11)6(2)3;/h5-6,8H,4,11H2,1-3H3;1H. The van der Waals surface area contributed by atoms with Gasteiger partial charge in [-0.15, -0.1) is 23.7 Å². The predicted octanol–water partition coefficient (Wildman–Crippen LogP) is 2.40. The van der Waals surface area contributed by atoms with Crippen molar-refractivity contribution < 1.29 is 9.53 Å². The zero-order valence-corrected chi connectivity index (χ0v) is 11.2. The average Bonchev–Trinajstić information content (AvgIpc) is 2.65. The van der Waals surface area contributed by atoms with Crippen LogP contribution in [0.4, 0.5) is 0 Å². The molecule has 0 saturated heterocycles. The van der Waals surface area contributed by atoms with Crippen LogP contribution in [-0.2, 0) is 4.74 Å². The SMILES string of the molecule is CCOC(=O)c1csc(C(N)C(C)C)n1.Cl. The molecule has 0 aromatic carbocycles. The van der Waals surface area contributed by atoms with E-state index in [2.05, 4.69) is 4.98 Å². The van der Waals surface area contributed by atoms with Crippen LogP contribution in [0.2, 0.25) is 0 Å². The summed E-state index contributed by atoms with van der Waals surface area (Å²) >= 11 is 1.40. The van der Waals surface area contributed by atoms with Crippen LogP contribution in [0.5, 0.6) is 0 Å². The Bertz CT molecular complexity index is 341. The van der Waals surface area contributed by atoms with E-state index in [1.165, 1.54) is 11.3 Å². The van der Waals surface area contributed by atoms with Gasteiger partial charge in [0.05, 0.1) is 12.6 Å². The highest BCUT2D eigenvalue weighted by Gasteiger charge is 2.17. The van der Waals surface area contributed by atoms with E-state index in [0.717, 1.165) is 5.01 Å². The van der Waals surface area contributed by atoms with Gasteiger partial charge >= 0.3 is 5.97 Å². The number of halogens is 1. The molecule has 0 radical (unpaired) electrons. The van der Waals surface area contributed by atoms with Gasteiger partial charge < -0.3 is 10.5 Å². The van der Waals surface area contributed by atoms with Crippen LogP contribution in [0.1, 0.15) is 42.3 Å². The van der Waals surface area contributed by atoms with Crippen molar-refractivity contribution >= 4 is 29.7 Å². The highest BCUT2D eigenvalue weighted by atomic mass is 35.5. The molecule has 1 aromatic rings. The fourth-order valence-corrected chi connectivity index (χ4v) is 1.99. The molecule has 0 amide bonds. The molecule has 0 aliphatic heterocycles. The maximum atomic E-state index is 11.3. The largest absolute Gasteiger partial charge is 0.461 e. The third-order valence-electron chi connectivity index (χ3n) is 2.01. The number of nitrogens with two attached hydrogens (primary N) is 1. The van der Waals surface area contributed by atoms with Crippen LogP contribution in [-0.4, -0.2) is 17.6 Å². The fourth-order valence-electron chi connectivity index (χ4n) is 1.02. The number of hydrogen-bond donors (Lipinski definition) is 1. The van der Waals surface area contributed by atoms with E-state index >= 15 is 0 Å². The predicted molar refractivity (Wildman–Crippen MR) is 67.1 cm³/mol. The molecule has 2 N–H and O–H groups in total. The summed E-state index contributed by atoms with van der Waals surface area (Å²) in [4.78, 5) is 15.5. The molecular weight excluding hydrogens is 248 g/mol. The van der Waals surface area contributed by atoms with Crippen LogP contribution < -0.4 is 5.73 Å². The van der Waals surface area contributed by atoms with Crippen molar-refractivity contribution in [1.82, 2.24) is 4.98 Å². The number of carbonyl (C=O) groups excluding carboxylic acids is 1. The number of hydrogen-bond acceptors (Lipinski definition) is 5. The van der Waals surface area contributed by atoms with Gasteiger partial charge in [0.2, 0.25) is 0 Å². The maximum absolute atomic E-state index is 11.3. The van der Waals surface area contributed by atoms with Gasteiger partial charge in [0, 0.05) is 5.38 Å². The second-order valence-electron chi connectivity index (χ2n) is 3.56. The summed E-state index contributed by atoms with van der Waals surface area (Å²) < 4.78 is 4.85. The minimum absolute atomic E-state index is 0. The van der Waals surface area contributed by atoms with E-state index in [9.17, 15) is 4.79 Å². The van der Waals surface area contributed by atoms with Crippen molar-refractivity contribution in [2.75, 3.05) is 6.61 Å². The zero-order valence-electron chi connectivity index (χ0n) is 9.60. The first-order chi connectivity index (χ1) is 7.06. The molecule has 0 aliphatic rings. The molecule has 0 aliphatic carbocycles. The highest BCUT2D eigenvalue weighted by molar-refractivity contribution is 7.09. The lowest BCUT2D eigenvalue weighted by atomic mass is 10.1. The maximum Gasteiger partial charge on any atom is 0.357 e. The van der Waals surface area contributed by atoms with E-state index in [1.807, 2.05) is 13.8 Å². The first-order valence-electron chi connectivity index (χ1n) is 4.94. The second kappa shape index (κ2) is 6.83. The average molecular weight is 265 g/mol. The Labute approximate surface area is 106 Å². The van der Waals surface area contributed by atoms with E-state index in [4.69, 9.17) is 10.5 Å². The number of aromatic nitrogens is 1. The quantitative estimate of drug-likeness (QED) is 0.848. The number of esters is 1. The molecule has 0 bridgehead atoms. The van der Waals surface area contributed by atoms with Gasteiger partial charge in [0.25, 0.3) is 0 Å². The molecule has 1 unspecified atom stereocenters. The second-order valence-corrected chi connectivity index (χ2v) is 4.45. The summed E-state index contributed by atoms with van der Waals surface area (Å²) in [6.45, 7) is 6.18. The van der Waals surface area contributed by atoms with Gasteiger partial charge in [0.15, 0.2) is 5.69 Å². The van der Waals surface area contributed by atoms with Crippen molar-refractivity contribution in [3.05, 3.63) is 16.1 Å². The smallest absolute Gasteiger partial charge is 0.357 e. The van der Waals surface area contributed by atoms with Gasteiger partial charge in [-0.2, -0.15) is 0 Å². The first-order valence-corrected chi connectivity index (χ1v) is 5.82. The van der Waals surface area contributed by atoms with Crippen molar-refractivity contribution in [2.24, 2.45) is 11.7 Å². The van der Waals surface area contributed by atoms with Gasteiger partial charge in [-0.05, 0) is 12.8 Å². The Kier molecular flexibility index (Phi) is 6.55. The lowest BCUT2D eigenvalue weighted by Gasteiger charge is -2.11. The molecule has 1 rings (SSSR count). The molecule has 1 atom stereocenters. The van der Waals surface area contributed by atoms with Crippen LogP contribution >= 0.6 is 23.7 Å². The molecular formula is C10H17ClN2O2S. The molecule has 0 spiro atoms. The van der Waals surface area contributed by atoms with Crippen LogP contribution in [0.25, 0.3) is 0 Å². The minimum Gasteiger partial charge on any atom is -0.461 e. The van der Waals surface area contributed by atoms with Crippen molar-refractivity contribution in [3.8, 4) is 0 Å². The first kappa shape index (κ1) is 15.3. The number of rotatable bonds is 4. The normalized spacial score (nSPS) is 12.1. The summed E-state index contributed by atoms with van der Waals surface area (Å²) in [7, 11) is 0. The molecule has 1 aromatic heterocycles. The van der Waals surface area contributed by atoms with Crippen LogP contribution in [0.15, 0.2) is 5.38 Å². The van der Waals surface area contributed by atoms with Crippen LogP contribution in [0.3, 0.4) is 0 Å². The Morgan fingerprint density at radius 2 is 2.25 bits per heavy atom.